The van der Waals surface area contributed by atoms with Gasteiger partial charge < -0.3 is 10.6 Å². The number of hydrogen-bond acceptors (Lipinski definition) is 4. The van der Waals surface area contributed by atoms with E-state index in [1.54, 1.807) is 6.20 Å². The molecule has 20 heavy (non-hydrogen) atoms. The van der Waals surface area contributed by atoms with Gasteiger partial charge in [0.1, 0.15) is 4.99 Å². The molecular weight excluding hydrogens is 268 g/mol. The van der Waals surface area contributed by atoms with E-state index in [0.29, 0.717) is 4.99 Å². The Balaban J connectivity index is 2.38. The van der Waals surface area contributed by atoms with Gasteiger partial charge >= 0.3 is 0 Å². The SMILES string of the molecule is Cc1cc(N(C)Cc2cccnc2)c(C(N)=S)c(C)n1. The Labute approximate surface area is 124 Å². The van der Waals surface area contributed by atoms with E-state index < -0.39 is 0 Å². The molecule has 2 rings (SSSR count). The first kappa shape index (κ1) is 14.4. The number of thiocarbonyl (C=S) groups is 1. The molecule has 0 spiro atoms. The Bertz CT molecular complexity index is 625. The van der Waals surface area contributed by atoms with Crippen molar-refractivity contribution < 1.29 is 0 Å². The number of aryl methyl sites for hydroxylation is 2. The predicted octanol–water partition coefficient (Wildman–Crippen LogP) is 2.36. The zero-order chi connectivity index (χ0) is 14.7. The maximum atomic E-state index is 5.85. The second-order valence-corrected chi connectivity index (χ2v) is 5.26. The van der Waals surface area contributed by atoms with Crippen LogP contribution in [0.15, 0.2) is 30.6 Å². The van der Waals surface area contributed by atoms with E-state index in [1.807, 2.05) is 45.3 Å². The van der Waals surface area contributed by atoms with E-state index >= 15 is 0 Å². The molecule has 4 nitrogen and oxygen atoms in total. The summed E-state index contributed by atoms with van der Waals surface area (Å²) in [6, 6.07) is 5.99. The van der Waals surface area contributed by atoms with Gasteiger partial charge in [-0.3, -0.25) is 9.97 Å². The number of nitrogens with zero attached hydrogens (tertiary/aromatic N) is 3. The van der Waals surface area contributed by atoms with Crippen LogP contribution < -0.4 is 10.6 Å². The number of hydrogen-bond donors (Lipinski definition) is 1. The minimum absolute atomic E-state index is 0.378. The first-order chi connectivity index (χ1) is 9.49. The lowest BCUT2D eigenvalue weighted by Crippen LogP contribution is -2.23. The zero-order valence-corrected chi connectivity index (χ0v) is 12.7. The minimum atomic E-state index is 0.378. The van der Waals surface area contributed by atoms with E-state index in [1.165, 1.54) is 0 Å². The molecule has 0 aliphatic rings. The van der Waals surface area contributed by atoms with Crippen LogP contribution in [0.1, 0.15) is 22.5 Å². The highest BCUT2D eigenvalue weighted by Gasteiger charge is 2.14. The molecule has 2 heterocycles. The van der Waals surface area contributed by atoms with Crippen LogP contribution >= 0.6 is 12.2 Å². The predicted molar refractivity (Wildman–Crippen MR) is 85.9 cm³/mol. The van der Waals surface area contributed by atoms with Gasteiger partial charge in [-0.25, -0.2) is 0 Å². The summed E-state index contributed by atoms with van der Waals surface area (Å²) in [6.45, 7) is 4.65. The molecule has 104 valence electrons. The fourth-order valence-corrected chi connectivity index (χ4v) is 2.52. The summed E-state index contributed by atoms with van der Waals surface area (Å²) in [7, 11) is 2.02. The van der Waals surface area contributed by atoms with Crippen molar-refractivity contribution in [2.45, 2.75) is 20.4 Å². The molecule has 0 saturated carbocycles. The summed E-state index contributed by atoms with van der Waals surface area (Å²) < 4.78 is 0. The second-order valence-electron chi connectivity index (χ2n) is 4.82. The summed E-state index contributed by atoms with van der Waals surface area (Å²) >= 11 is 5.16. The van der Waals surface area contributed by atoms with E-state index in [9.17, 15) is 0 Å². The topological polar surface area (TPSA) is 55.0 Å². The average Bonchev–Trinajstić information content (AvgIpc) is 2.38. The lowest BCUT2D eigenvalue weighted by atomic mass is 10.1. The van der Waals surface area contributed by atoms with Crippen LogP contribution in [0, 0.1) is 13.8 Å². The Hall–Kier alpha value is -2.01. The molecule has 0 unspecified atom stereocenters. The third kappa shape index (κ3) is 3.11. The molecule has 5 heteroatoms. The number of anilines is 1. The fraction of sp³-hybridized carbons (Fsp3) is 0.267. The van der Waals surface area contributed by atoms with Crippen molar-refractivity contribution in [3.05, 3.63) is 53.1 Å². The summed E-state index contributed by atoms with van der Waals surface area (Å²) in [5.74, 6) is 0. The molecule has 0 fully saturated rings. The van der Waals surface area contributed by atoms with Crippen LogP contribution in [0.4, 0.5) is 5.69 Å². The third-order valence-corrected chi connectivity index (χ3v) is 3.31. The van der Waals surface area contributed by atoms with E-state index in [4.69, 9.17) is 18.0 Å². The maximum absolute atomic E-state index is 5.85. The Morgan fingerprint density at radius 1 is 1.40 bits per heavy atom. The summed E-state index contributed by atoms with van der Waals surface area (Å²) in [5.41, 5.74) is 10.7. The standard InChI is InChI=1S/C15H18N4S/c1-10-7-13(14(15(16)20)11(2)18-10)19(3)9-12-5-4-6-17-8-12/h4-8H,9H2,1-3H3,(H2,16,20). The Kier molecular flexibility index (Phi) is 4.29. The van der Waals surface area contributed by atoms with Gasteiger partial charge in [-0.15, -0.1) is 0 Å². The van der Waals surface area contributed by atoms with Crippen molar-refractivity contribution in [2.24, 2.45) is 5.73 Å². The minimum Gasteiger partial charge on any atom is -0.389 e. The Morgan fingerprint density at radius 3 is 2.75 bits per heavy atom. The van der Waals surface area contributed by atoms with Gasteiger partial charge in [0.25, 0.3) is 0 Å². The van der Waals surface area contributed by atoms with Crippen LogP contribution in [0.3, 0.4) is 0 Å². The largest absolute Gasteiger partial charge is 0.389 e. The summed E-state index contributed by atoms with van der Waals surface area (Å²) in [5, 5.41) is 0. The molecule has 0 saturated heterocycles. The van der Waals surface area contributed by atoms with Crippen LogP contribution in [0.5, 0.6) is 0 Å². The van der Waals surface area contributed by atoms with Gasteiger partial charge in [-0.1, -0.05) is 18.3 Å². The molecule has 0 aliphatic heterocycles. The smallest absolute Gasteiger partial charge is 0.107 e. The van der Waals surface area contributed by atoms with Crippen molar-refractivity contribution in [2.75, 3.05) is 11.9 Å². The van der Waals surface area contributed by atoms with E-state index in [2.05, 4.69) is 14.9 Å². The fourth-order valence-electron chi connectivity index (χ4n) is 2.26. The quantitative estimate of drug-likeness (QED) is 0.875. The van der Waals surface area contributed by atoms with E-state index in [-0.39, 0.29) is 0 Å². The first-order valence-electron chi connectivity index (χ1n) is 6.37. The third-order valence-electron chi connectivity index (χ3n) is 3.11. The summed E-state index contributed by atoms with van der Waals surface area (Å²) in [6.07, 6.45) is 3.63. The molecule has 2 N–H and O–H groups in total. The number of rotatable bonds is 4. The van der Waals surface area contributed by atoms with Crippen LogP contribution in [0.25, 0.3) is 0 Å². The van der Waals surface area contributed by atoms with E-state index in [0.717, 1.165) is 34.7 Å². The molecule has 2 aromatic heterocycles. The van der Waals surface area contributed by atoms with Gasteiger partial charge in [0, 0.05) is 37.4 Å². The van der Waals surface area contributed by atoms with Gasteiger partial charge in [0.15, 0.2) is 0 Å². The summed E-state index contributed by atoms with van der Waals surface area (Å²) in [4.78, 5) is 11.1. The van der Waals surface area contributed by atoms with Gasteiger partial charge in [0.05, 0.1) is 11.3 Å². The molecule has 0 atom stereocenters. The van der Waals surface area contributed by atoms with Crippen LogP contribution in [0.2, 0.25) is 0 Å². The van der Waals surface area contributed by atoms with Gasteiger partial charge in [-0.2, -0.15) is 0 Å². The lowest BCUT2D eigenvalue weighted by Gasteiger charge is -2.23. The van der Waals surface area contributed by atoms with Crippen molar-refractivity contribution >= 4 is 22.9 Å². The molecule has 0 aromatic carbocycles. The Morgan fingerprint density at radius 2 is 2.15 bits per heavy atom. The maximum Gasteiger partial charge on any atom is 0.107 e. The highest BCUT2D eigenvalue weighted by atomic mass is 32.1. The molecule has 0 bridgehead atoms. The molecular formula is C15H18N4S. The monoisotopic (exact) mass is 286 g/mol. The van der Waals surface area contributed by atoms with Crippen molar-refractivity contribution in [1.29, 1.82) is 0 Å². The van der Waals surface area contributed by atoms with Gasteiger partial charge in [-0.05, 0) is 31.5 Å². The molecule has 0 aliphatic carbocycles. The van der Waals surface area contributed by atoms with Crippen LogP contribution in [-0.2, 0) is 6.54 Å². The van der Waals surface area contributed by atoms with Crippen LogP contribution in [-0.4, -0.2) is 22.0 Å². The second kappa shape index (κ2) is 5.96. The van der Waals surface area contributed by atoms with Crippen molar-refractivity contribution in [3.8, 4) is 0 Å². The normalized spacial score (nSPS) is 10.3. The number of pyridine rings is 2. The average molecular weight is 286 g/mol. The first-order valence-corrected chi connectivity index (χ1v) is 6.78. The molecule has 0 radical (unpaired) electrons. The molecule has 2 aromatic rings. The van der Waals surface area contributed by atoms with Crippen molar-refractivity contribution in [3.63, 3.8) is 0 Å². The highest BCUT2D eigenvalue weighted by Crippen LogP contribution is 2.24. The van der Waals surface area contributed by atoms with Crippen molar-refractivity contribution in [1.82, 2.24) is 9.97 Å². The zero-order valence-electron chi connectivity index (χ0n) is 11.9. The molecule has 0 amide bonds. The highest BCUT2D eigenvalue weighted by molar-refractivity contribution is 7.80. The van der Waals surface area contributed by atoms with Gasteiger partial charge in [0.2, 0.25) is 0 Å². The number of aromatic nitrogens is 2. The number of nitrogens with two attached hydrogens (primary N) is 1. The lowest BCUT2D eigenvalue weighted by molar-refractivity contribution is 0.905.